The van der Waals surface area contributed by atoms with Crippen molar-refractivity contribution in [1.29, 1.82) is 0 Å². The molecule has 0 atom stereocenters. The maximum Gasteiger partial charge on any atom is 0.256 e. The monoisotopic (exact) mass is 371 g/mol. The Labute approximate surface area is 166 Å². The van der Waals surface area contributed by atoms with Gasteiger partial charge in [-0.3, -0.25) is 14.8 Å². The summed E-state index contributed by atoms with van der Waals surface area (Å²) in [6, 6.07) is 18.1. The van der Waals surface area contributed by atoms with Crippen molar-refractivity contribution in [2.45, 2.75) is 26.2 Å². The zero-order chi connectivity index (χ0) is 19.4. The third-order valence-corrected chi connectivity index (χ3v) is 5.72. The van der Waals surface area contributed by atoms with Crippen LogP contribution in [0.3, 0.4) is 0 Å². The number of piperidine rings is 1. The first-order chi connectivity index (χ1) is 13.6. The average molecular weight is 371 g/mol. The molecular weight excluding hydrogens is 346 g/mol. The molecule has 4 nitrogen and oxygen atoms in total. The van der Waals surface area contributed by atoms with E-state index in [1.54, 1.807) is 18.6 Å². The number of benzene rings is 1. The molecule has 0 spiro atoms. The van der Waals surface area contributed by atoms with E-state index in [-0.39, 0.29) is 11.3 Å². The van der Waals surface area contributed by atoms with E-state index < -0.39 is 0 Å². The molecule has 4 heteroatoms. The second-order valence-corrected chi connectivity index (χ2v) is 7.90. The third kappa shape index (κ3) is 3.96. The number of hydrogen-bond donors (Lipinski definition) is 0. The zero-order valence-electron chi connectivity index (χ0n) is 16.2. The van der Waals surface area contributed by atoms with Crippen LogP contribution in [0.15, 0.2) is 73.2 Å². The van der Waals surface area contributed by atoms with Gasteiger partial charge in [0.1, 0.15) is 0 Å². The smallest absolute Gasteiger partial charge is 0.256 e. The van der Waals surface area contributed by atoms with Crippen molar-refractivity contribution in [1.82, 2.24) is 14.9 Å². The summed E-state index contributed by atoms with van der Waals surface area (Å²) in [6.07, 6.45) is 8.28. The molecule has 1 fully saturated rings. The lowest BCUT2D eigenvalue weighted by atomic mass is 9.75. The number of aromatic nitrogens is 2. The van der Waals surface area contributed by atoms with Crippen molar-refractivity contribution in [3.63, 3.8) is 0 Å². The van der Waals surface area contributed by atoms with E-state index in [4.69, 9.17) is 0 Å². The number of carbonyl (C=O) groups is 1. The van der Waals surface area contributed by atoms with E-state index in [0.717, 1.165) is 43.6 Å². The Bertz CT molecular complexity index is 932. The average Bonchev–Trinajstić information content (AvgIpc) is 2.75. The molecule has 142 valence electrons. The highest BCUT2D eigenvalue weighted by Crippen LogP contribution is 2.35. The molecule has 1 amide bonds. The minimum Gasteiger partial charge on any atom is -0.339 e. The van der Waals surface area contributed by atoms with E-state index in [1.165, 1.54) is 5.56 Å². The van der Waals surface area contributed by atoms with Crippen molar-refractivity contribution in [2.24, 2.45) is 5.41 Å². The quantitative estimate of drug-likeness (QED) is 0.672. The van der Waals surface area contributed by atoms with Crippen LogP contribution in [0.25, 0.3) is 11.3 Å². The van der Waals surface area contributed by atoms with Gasteiger partial charge < -0.3 is 4.90 Å². The standard InChI is InChI=1S/C24H25N3O/c1-24(18-19-6-3-2-4-7-19)11-16-27(17-12-24)23(28)21-8-5-13-26-22(21)20-9-14-25-15-10-20/h2-10,13-15H,11-12,16-18H2,1H3. The Morgan fingerprint density at radius 2 is 1.68 bits per heavy atom. The van der Waals surface area contributed by atoms with E-state index in [9.17, 15) is 4.79 Å². The van der Waals surface area contributed by atoms with Gasteiger partial charge in [-0.25, -0.2) is 0 Å². The van der Waals surface area contributed by atoms with Gasteiger partial charge in [-0.2, -0.15) is 0 Å². The van der Waals surface area contributed by atoms with Crippen LogP contribution >= 0.6 is 0 Å². The molecule has 1 aromatic carbocycles. The predicted molar refractivity (Wildman–Crippen MR) is 111 cm³/mol. The molecule has 0 bridgehead atoms. The van der Waals surface area contributed by atoms with Gasteiger partial charge in [0, 0.05) is 37.2 Å². The van der Waals surface area contributed by atoms with Gasteiger partial charge in [0.25, 0.3) is 5.91 Å². The van der Waals surface area contributed by atoms with Crippen LogP contribution in [0.2, 0.25) is 0 Å². The molecule has 0 radical (unpaired) electrons. The Balaban J connectivity index is 1.48. The summed E-state index contributed by atoms with van der Waals surface area (Å²) < 4.78 is 0. The number of likely N-dealkylation sites (tertiary alicyclic amines) is 1. The number of pyridine rings is 2. The summed E-state index contributed by atoms with van der Waals surface area (Å²) in [4.78, 5) is 23.8. The first kappa shape index (κ1) is 18.4. The highest BCUT2D eigenvalue weighted by molar-refractivity contribution is 5.99. The lowest BCUT2D eigenvalue weighted by molar-refractivity contribution is 0.0607. The maximum absolute atomic E-state index is 13.2. The number of hydrogen-bond acceptors (Lipinski definition) is 3. The molecule has 3 heterocycles. The Morgan fingerprint density at radius 3 is 2.39 bits per heavy atom. The lowest BCUT2D eigenvalue weighted by Gasteiger charge is -2.39. The van der Waals surface area contributed by atoms with Gasteiger partial charge in [0.2, 0.25) is 0 Å². The van der Waals surface area contributed by atoms with Crippen molar-refractivity contribution < 1.29 is 4.79 Å². The van der Waals surface area contributed by atoms with E-state index >= 15 is 0 Å². The van der Waals surface area contributed by atoms with E-state index in [1.807, 2.05) is 29.2 Å². The SMILES string of the molecule is CC1(Cc2ccccc2)CCN(C(=O)c2cccnc2-c2ccncc2)CC1. The molecule has 1 aliphatic heterocycles. The topological polar surface area (TPSA) is 46.1 Å². The highest BCUT2D eigenvalue weighted by atomic mass is 16.2. The molecular formula is C24H25N3O. The Hall–Kier alpha value is -3.01. The van der Waals surface area contributed by atoms with Crippen molar-refractivity contribution in [3.8, 4) is 11.3 Å². The predicted octanol–water partition coefficient (Wildman–Crippen LogP) is 4.63. The summed E-state index contributed by atoms with van der Waals surface area (Å²) in [5.41, 5.74) is 3.93. The van der Waals surface area contributed by atoms with Gasteiger partial charge in [0.05, 0.1) is 11.3 Å². The summed E-state index contributed by atoms with van der Waals surface area (Å²) >= 11 is 0. The van der Waals surface area contributed by atoms with Gasteiger partial charge in [0.15, 0.2) is 0 Å². The Kier molecular flexibility index (Phi) is 5.20. The normalized spacial score (nSPS) is 16.0. The first-order valence-electron chi connectivity index (χ1n) is 9.83. The maximum atomic E-state index is 13.2. The van der Waals surface area contributed by atoms with Crippen molar-refractivity contribution in [3.05, 3.63) is 84.3 Å². The molecule has 3 aromatic rings. The van der Waals surface area contributed by atoms with Gasteiger partial charge in [-0.05, 0) is 54.5 Å². The molecule has 4 rings (SSSR count). The number of nitrogens with zero attached hydrogens (tertiary/aromatic N) is 3. The molecule has 0 saturated carbocycles. The number of carbonyl (C=O) groups excluding carboxylic acids is 1. The van der Waals surface area contributed by atoms with E-state index in [2.05, 4.69) is 47.2 Å². The summed E-state index contributed by atoms with van der Waals surface area (Å²) in [6.45, 7) is 3.91. The second-order valence-electron chi connectivity index (χ2n) is 7.90. The highest BCUT2D eigenvalue weighted by Gasteiger charge is 2.33. The van der Waals surface area contributed by atoms with Crippen LogP contribution in [0, 0.1) is 5.41 Å². The molecule has 1 saturated heterocycles. The molecule has 1 aliphatic rings. The fourth-order valence-electron chi connectivity index (χ4n) is 4.00. The van der Waals surface area contributed by atoms with Crippen LogP contribution in [0.1, 0.15) is 35.7 Å². The fraction of sp³-hybridized carbons (Fsp3) is 0.292. The van der Waals surface area contributed by atoms with E-state index in [0.29, 0.717) is 5.56 Å². The minimum absolute atomic E-state index is 0.0710. The van der Waals surface area contributed by atoms with Crippen LogP contribution < -0.4 is 0 Å². The first-order valence-corrected chi connectivity index (χ1v) is 9.83. The third-order valence-electron chi connectivity index (χ3n) is 5.72. The van der Waals surface area contributed by atoms with Gasteiger partial charge in [-0.15, -0.1) is 0 Å². The fourth-order valence-corrected chi connectivity index (χ4v) is 4.00. The van der Waals surface area contributed by atoms with Crippen LogP contribution in [0.5, 0.6) is 0 Å². The zero-order valence-corrected chi connectivity index (χ0v) is 16.2. The molecule has 0 N–H and O–H groups in total. The molecule has 0 unspecified atom stereocenters. The van der Waals surface area contributed by atoms with Crippen molar-refractivity contribution in [2.75, 3.05) is 13.1 Å². The number of rotatable bonds is 4. The summed E-state index contributed by atoms with van der Waals surface area (Å²) in [5.74, 6) is 0.0710. The minimum atomic E-state index is 0.0710. The summed E-state index contributed by atoms with van der Waals surface area (Å²) in [7, 11) is 0. The molecule has 2 aromatic heterocycles. The largest absolute Gasteiger partial charge is 0.339 e. The van der Waals surface area contributed by atoms with Gasteiger partial charge in [-0.1, -0.05) is 37.3 Å². The molecule has 0 aliphatic carbocycles. The lowest BCUT2D eigenvalue weighted by Crippen LogP contribution is -2.43. The van der Waals surface area contributed by atoms with Crippen LogP contribution in [0.4, 0.5) is 0 Å². The van der Waals surface area contributed by atoms with Crippen molar-refractivity contribution >= 4 is 5.91 Å². The number of amides is 1. The van der Waals surface area contributed by atoms with Crippen LogP contribution in [-0.4, -0.2) is 33.9 Å². The Morgan fingerprint density at radius 1 is 0.964 bits per heavy atom. The summed E-state index contributed by atoms with van der Waals surface area (Å²) in [5, 5.41) is 0. The molecule has 28 heavy (non-hydrogen) atoms. The van der Waals surface area contributed by atoms with Gasteiger partial charge >= 0.3 is 0 Å². The van der Waals surface area contributed by atoms with Crippen LogP contribution in [-0.2, 0) is 6.42 Å². The second kappa shape index (κ2) is 7.93.